The molecule has 0 unspecified atom stereocenters. The van der Waals surface area contributed by atoms with Crippen molar-refractivity contribution in [2.45, 2.75) is 20.8 Å². The van der Waals surface area contributed by atoms with Crippen LogP contribution in [0.2, 0.25) is 0 Å². The van der Waals surface area contributed by atoms with E-state index in [-0.39, 0.29) is 0 Å². The third-order valence-electron chi connectivity index (χ3n) is 6.19. The Hall–Kier alpha value is -4.12. The van der Waals surface area contributed by atoms with Crippen LogP contribution in [-0.2, 0) is 0 Å². The largest absolute Gasteiger partial charge is 0.399 e. The summed E-state index contributed by atoms with van der Waals surface area (Å²) in [6.07, 6.45) is 4.27. The highest BCUT2D eigenvalue weighted by Gasteiger charge is 2.14. The Morgan fingerprint density at radius 2 is 1.47 bits per heavy atom. The second-order valence-corrected chi connectivity index (χ2v) is 8.18. The highest BCUT2D eigenvalue weighted by molar-refractivity contribution is 5.99. The number of nitrogen functional groups attached to an aromatic ring is 1. The van der Waals surface area contributed by atoms with Crippen LogP contribution in [-0.4, -0.2) is 18.8 Å². The summed E-state index contributed by atoms with van der Waals surface area (Å²) in [7, 11) is 0. The van der Waals surface area contributed by atoms with Gasteiger partial charge in [-0.1, -0.05) is 30.4 Å². The van der Waals surface area contributed by atoms with Gasteiger partial charge >= 0.3 is 0 Å². The van der Waals surface area contributed by atoms with Crippen molar-refractivity contribution in [2.24, 2.45) is 0 Å². The van der Waals surface area contributed by atoms with E-state index in [1.165, 1.54) is 5.56 Å². The molecule has 5 heteroatoms. The van der Waals surface area contributed by atoms with Crippen LogP contribution >= 0.6 is 0 Å². The first-order valence-electron chi connectivity index (χ1n) is 10.8. The Morgan fingerprint density at radius 3 is 2.25 bits per heavy atom. The molecule has 156 valence electrons. The summed E-state index contributed by atoms with van der Waals surface area (Å²) in [4.78, 5) is 10.2. The van der Waals surface area contributed by atoms with Crippen LogP contribution in [0.4, 0.5) is 5.69 Å². The van der Waals surface area contributed by atoms with Gasteiger partial charge in [-0.3, -0.25) is 8.80 Å². The lowest BCUT2D eigenvalue weighted by Gasteiger charge is -2.06. The van der Waals surface area contributed by atoms with Crippen LogP contribution in [0.5, 0.6) is 0 Å². The molecule has 0 radical (unpaired) electrons. The van der Waals surface area contributed by atoms with Crippen LogP contribution < -0.4 is 16.3 Å². The van der Waals surface area contributed by atoms with Crippen molar-refractivity contribution in [3.8, 4) is 0 Å². The molecular weight excluding hydrogens is 394 g/mol. The number of imidazole rings is 2. The maximum absolute atomic E-state index is 6.18. The standard InChI is InChI=1S/C27H23N5/c1-4-18-22(5-2)31-25-15-17(28)11-13-21(25)30-27(31)19-8-6-7-9-23(19)32-24-14-16(3)10-12-20(24)29-26(18)32/h4-15H,28H2,1-3H3/b18-4+,22-5+. The molecule has 0 atom stereocenters. The number of nitrogens with two attached hydrogens (primary N) is 1. The monoisotopic (exact) mass is 417 g/mol. The highest BCUT2D eigenvalue weighted by Crippen LogP contribution is 2.25. The quantitative estimate of drug-likeness (QED) is 0.370. The number of fused-ring (bicyclic) bond motifs is 9. The number of rotatable bonds is 0. The SMILES string of the molecule is C/C=c1\c(=C/C)n2c3cc(N)ccc3nc2c2ccccc2n2c1nc1ccc(C)cc12. The minimum Gasteiger partial charge on any atom is -0.399 e. The van der Waals surface area contributed by atoms with Gasteiger partial charge in [0.1, 0.15) is 11.3 Å². The Bertz CT molecular complexity index is 1860. The van der Waals surface area contributed by atoms with Gasteiger partial charge in [0, 0.05) is 16.3 Å². The molecule has 6 aromatic rings. The molecule has 0 spiro atoms. The first-order valence-corrected chi connectivity index (χ1v) is 10.8. The van der Waals surface area contributed by atoms with E-state index in [1.54, 1.807) is 0 Å². The fourth-order valence-corrected chi connectivity index (χ4v) is 4.78. The van der Waals surface area contributed by atoms with Crippen LogP contribution in [0.1, 0.15) is 19.4 Å². The van der Waals surface area contributed by atoms with E-state index in [4.69, 9.17) is 15.7 Å². The molecule has 0 fully saturated rings. The predicted octanol–water partition coefficient (Wildman–Crippen LogP) is 4.50. The van der Waals surface area contributed by atoms with Gasteiger partial charge < -0.3 is 5.73 Å². The molecule has 3 aromatic heterocycles. The molecule has 5 nitrogen and oxygen atoms in total. The lowest BCUT2D eigenvalue weighted by atomic mass is 10.2. The summed E-state index contributed by atoms with van der Waals surface area (Å²) in [5.74, 6) is 0. The molecule has 0 saturated carbocycles. The van der Waals surface area contributed by atoms with E-state index in [1.807, 2.05) is 18.2 Å². The minimum atomic E-state index is 0.718. The minimum absolute atomic E-state index is 0.718. The first-order chi connectivity index (χ1) is 15.6. The first kappa shape index (κ1) is 18.6. The smallest absolute Gasteiger partial charge is 0.147 e. The van der Waals surface area contributed by atoms with Crippen LogP contribution in [0.3, 0.4) is 0 Å². The van der Waals surface area contributed by atoms with E-state index in [0.29, 0.717) is 0 Å². The normalized spacial score (nSPS) is 13.3. The number of benzene rings is 3. The van der Waals surface area contributed by atoms with Gasteiger partial charge in [-0.2, -0.15) is 0 Å². The van der Waals surface area contributed by atoms with Crippen molar-refractivity contribution in [2.75, 3.05) is 5.73 Å². The van der Waals surface area contributed by atoms with E-state index in [0.717, 1.165) is 60.5 Å². The second-order valence-electron chi connectivity index (χ2n) is 8.18. The molecule has 0 aliphatic carbocycles. The zero-order valence-electron chi connectivity index (χ0n) is 18.3. The molecule has 32 heavy (non-hydrogen) atoms. The molecule has 6 rings (SSSR count). The van der Waals surface area contributed by atoms with Crippen molar-refractivity contribution in [3.05, 3.63) is 76.8 Å². The summed E-state index contributed by atoms with van der Waals surface area (Å²) >= 11 is 0. The topological polar surface area (TPSA) is 60.6 Å². The maximum Gasteiger partial charge on any atom is 0.147 e. The van der Waals surface area contributed by atoms with E-state index in [2.05, 4.69) is 84.2 Å². The molecule has 3 heterocycles. The van der Waals surface area contributed by atoms with E-state index in [9.17, 15) is 0 Å². The van der Waals surface area contributed by atoms with Crippen molar-refractivity contribution < 1.29 is 0 Å². The highest BCUT2D eigenvalue weighted by atomic mass is 15.0. The predicted molar refractivity (Wildman–Crippen MR) is 134 cm³/mol. The summed E-state index contributed by atoms with van der Waals surface area (Å²) < 4.78 is 4.49. The van der Waals surface area contributed by atoms with Crippen LogP contribution in [0.25, 0.3) is 56.4 Å². The Labute approximate surface area is 184 Å². The number of hydrogen-bond acceptors (Lipinski definition) is 3. The fraction of sp³-hybridized carbons (Fsp3) is 0.111. The van der Waals surface area contributed by atoms with Gasteiger partial charge in [0.2, 0.25) is 0 Å². The van der Waals surface area contributed by atoms with Gasteiger partial charge in [0.05, 0.1) is 32.9 Å². The maximum atomic E-state index is 6.18. The Kier molecular flexibility index (Phi) is 3.89. The van der Waals surface area contributed by atoms with Crippen molar-refractivity contribution in [3.63, 3.8) is 0 Å². The third kappa shape index (κ3) is 2.45. The fourth-order valence-electron chi connectivity index (χ4n) is 4.78. The summed E-state index contributed by atoms with van der Waals surface area (Å²) in [5.41, 5.74) is 15.0. The Morgan fingerprint density at radius 1 is 0.750 bits per heavy atom. The molecule has 0 bridgehead atoms. The van der Waals surface area contributed by atoms with Gasteiger partial charge in [0.15, 0.2) is 0 Å². The van der Waals surface area contributed by atoms with Crippen LogP contribution in [0, 0.1) is 6.92 Å². The summed E-state index contributed by atoms with van der Waals surface area (Å²) in [6.45, 7) is 6.24. The summed E-state index contributed by atoms with van der Waals surface area (Å²) in [5, 5.41) is 3.15. The zero-order chi connectivity index (χ0) is 22.0. The third-order valence-corrected chi connectivity index (χ3v) is 6.19. The molecule has 0 saturated heterocycles. The lowest BCUT2D eigenvalue weighted by molar-refractivity contribution is 1.14. The average molecular weight is 418 g/mol. The lowest BCUT2D eigenvalue weighted by Crippen LogP contribution is -2.31. The molecular formula is C27H23N5. The molecule has 3 aromatic carbocycles. The van der Waals surface area contributed by atoms with Crippen molar-refractivity contribution >= 4 is 62.1 Å². The summed E-state index contributed by atoms with van der Waals surface area (Å²) in [6, 6.07) is 20.7. The van der Waals surface area contributed by atoms with E-state index >= 15 is 0 Å². The van der Waals surface area contributed by atoms with Gasteiger partial charge in [-0.05, 0) is 68.8 Å². The van der Waals surface area contributed by atoms with Gasteiger partial charge in [-0.15, -0.1) is 0 Å². The van der Waals surface area contributed by atoms with Crippen molar-refractivity contribution in [1.29, 1.82) is 0 Å². The van der Waals surface area contributed by atoms with Gasteiger partial charge in [0.25, 0.3) is 0 Å². The number of para-hydroxylation sites is 1. The molecule has 0 aliphatic heterocycles. The van der Waals surface area contributed by atoms with Crippen LogP contribution in [0.15, 0.2) is 60.7 Å². The van der Waals surface area contributed by atoms with Gasteiger partial charge in [-0.25, -0.2) is 9.97 Å². The number of aryl methyl sites for hydroxylation is 1. The second kappa shape index (κ2) is 6.69. The number of aromatic nitrogens is 4. The number of anilines is 1. The Balaban J connectivity index is 2.11. The number of nitrogens with zero attached hydrogens (tertiary/aromatic N) is 4. The zero-order valence-corrected chi connectivity index (χ0v) is 18.3. The molecule has 2 N–H and O–H groups in total. The van der Waals surface area contributed by atoms with E-state index < -0.39 is 0 Å². The molecule has 0 amide bonds. The molecule has 0 aliphatic rings. The number of hydrogen-bond donors (Lipinski definition) is 1. The average Bonchev–Trinajstić information content (AvgIpc) is 3.34. The van der Waals surface area contributed by atoms with Crippen molar-refractivity contribution in [1.82, 2.24) is 18.8 Å².